The summed E-state index contributed by atoms with van der Waals surface area (Å²) < 4.78 is 217. The molecule has 1 aliphatic rings. The summed E-state index contributed by atoms with van der Waals surface area (Å²) in [6, 6.07) is 0. The van der Waals surface area contributed by atoms with Crippen LogP contribution in [0.5, 0.6) is 0 Å². The molecule has 0 aromatic rings. The van der Waals surface area contributed by atoms with Crippen LogP contribution in [0.1, 0.15) is 0 Å². The van der Waals surface area contributed by atoms with Gasteiger partial charge >= 0.3 is 47.7 Å². The van der Waals surface area contributed by atoms with Crippen molar-refractivity contribution in [2.24, 2.45) is 13.5 Å². The van der Waals surface area contributed by atoms with Crippen LogP contribution < -0.4 is 0 Å². The maximum Gasteiger partial charge on any atom is 0.412 e. The van der Waals surface area contributed by atoms with E-state index in [2.05, 4.69) is 31.6 Å². The van der Waals surface area contributed by atoms with Gasteiger partial charge in [-0.3, -0.25) is 18.1 Å². The van der Waals surface area contributed by atoms with E-state index in [1.165, 1.54) is 14.2 Å². The Morgan fingerprint density at radius 2 is 0.609 bits per heavy atom. The summed E-state index contributed by atoms with van der Waals surface area (Å²) in [7, 11) is -13.7. The molecule has 0 aromatic carbocycles. The van der Waals surface area contributed by atoms with E-state index in [0.29, 0.717) is 0 Å². The standard InChI is InChI=1S/C18H30F12N3O10P3/c1-34-3-5-36-7-9-38-44(39-10-8-37-6-4-35-2)31-45(40-11-15(19,20)21,41-12-16(22,23)24)33-46(32-44,42-13-17(25,26)27)43-14-18(28,29)30/h3-14H2,1-2H3. The van der Waals surface area contributed by atoms with Gasteiger partial charge in [0.15, 0.2) is 26.4 Å². The molecule has 0 aromatic heterocycles. The van der Waals surface area contributed by atoms with Crippen LogP contribution in [-0.4, -0.2) is 118 Å². The summed E-state index contributed by atoms with van der Waals surface area (Å²) in [6.45, 7) is -12.4. The Labute approximate surface area is 254 Å². The predicted molar refractivity (Wildman–Crippen MR) is 133 cm³/mol. The predicted octanol–water partition coefficient (Wildman–Crippen LogP) is 7.51. The fourth-order valence-corrected chi connectivity index (χ4v) is 11.9. The summed E-state index contributed by atoms with van der Waals surface area (Å²) in [5.74, 6) is 0. The van der Waals surface area contributed by atoms with E-state index in [4.69, 9.17) is 28.0 Å². The van der Waals surface area contributed by atoms with Crippen molar-refractivity contribution in [2.45, 2.75) is 24.7 Å². The lowest BCUT2D eigenvalue weighted by Crippen LogP contribution is -2.22. The van der Waals surface area contributed by atoms with Crippen molar-refractivity contribution < 1.29 is 98.8 Å². The van der Waals surface area contributed by atoms with Crippen LogP contribution >= 0.6 is 23.0 Å². The Morgan fingerprint density at radius 3 is 0.848 bits per heavy atom. The Bertz CT molecular complexity index is 970. The Balaban J connectivity index is 3.94. The second kappa shape index (κ2) is 19.0. The van der Waals surface area contributed by atoms with E-state index >= 15 is 0 Å². The highest BCUT2D eigenvalue weighted by molar-refractivity contribution is 7.78. The summed E-state index contributed by atoms with van der Waals surface area (Å²) >= 11 is 0. The van der Waals surface area contributed by atoms with Gasteiger partial charge in [-0.05, 0) is 0 Å². The summed E-state index contributed by atoms with van der Waals surface area (Å²) in [5.41, 5.74) is 0. The minimum Gasteiger partial charge on any atom is -0.382 e. The zero-order valence-electron chi connectivity index (χ0n) is 23.8. The molecule has 0 bridgehead atoms. The van der Waals surface area contributed by atoms with Gasteiger partial charge in [0.05, 0.1) is 52.9 Å². The van der Waals surface area contributed by atoms with Crippen LogP contribution in [0.15, 0.2) is 13.5 Å². The number of ether oxygens (including phenoxy) is 4. The number of nitrogens with zero attached hydrogens (tertiary/aromatic N) is 3. The minimum absolute atomic E-state index is 0.0413. The lowest BCUT2D eigenvalue weighted by molar-refractivity contribution is -0.163. The first-order valence-corrected chi connectivity index (χ1v) is 16.8. The monoisotopic (exact) mass is 769 g/mol. The van der Waals surface area contributed by atoms with Crippen molar-refractivity contribution in [1.82, 2.24) is 0 Å². The highest BCUT2D eigenvalue weighted by atomic mass is 31.3. The maximum absolute atomic E-state index is 13.2. The molecule has 1 rings (SSSR count). The van der Waals surface area contributed by atoms with Gasteiger partial charge < -0.3 is 28.0 Å². The van der Waals surface area contributed by atoms with Crippen LogP contribution in [0.2, 0.25) is 0 Å². The highest BCUT2D eigenvalue weighted by Gasteiger charge is 2.49. The van der Waals surface area contributed by atoms with Crippen LogP contribution in [-0.2, 0) is 46.1 Å². The van der Waals surface area contributed by atoms with Crippen molar-refractivity contribution >= 4 is 23.0 Å². The van der Waals surface area contributed by atoms with Crippen molar-refractivity contribution in [3.8, 4) is 0 Å². The SMILES string of the molecule is COCCOCCOP1(OCCOCCOC)=NP(OCC(F)(F)F)(OCC(F)(F)F)=NP(OCC(F)(F)F)(OCC(F)(F)F)=N1. The number of methoxy groups -OCH3 is 2. The van der Waals surface area contributed by atoms with Gasteiger partial charge in [0.1, 0.15) is 0 Å². The fourth-order valence-electron chi connectivity index (χ4n) is 2.45. The van der Waals surface area contributed by atoms with E-state index in [1.807, 2.05) is 0 Å². The van der Waals surface area contributed by atoms with Crippen LogP contribution in [0.25, 0.3) is 0 Å². The largest absolute Gasteiger partial charge is 0.412 e. The average Bonchev–Trinajstić information content (AvgIpc) is 2.91. The van der Waals surface area contributed by atoms with Crippen molar-refractivity contribution in [1.29, 1.82) is 0 Å². The smallest absolute Gasteiger partial charge is 0.382 e. The Morgan fingerprint density at radius 1 is 0.370 bits per heavy atom. The number of halogens is 12. The molecule has 0 atom stereocenters. The number of alkyl halides is 12. The van der Waals surface area contributed by atoms with Crippen molar-refractivity contribution in [3.05, 3.63) is 0 Å². The first kappa shape index (κ1) is 43.5. The molecule has 276 valence electrons. The quantitative estimate of drug-likeness (QED) is 0.0620. The Hall–Kier alpha value is -0.550. The first-order valence-electron chi connectivity index (χ1n) is 12.3. The molecule has 0 aliphatic carbocycles. The molecule has 0 spiro atoms. The second-order valence-electron chi connectivity index (χ2n) is 8.17. The van der Waals surface area contributed by atoms with Crippen molar-refractivity contribution in [3.63, 3.8) is 0 Å². The molecule has 0 N–H and O–H groups in total. The Kier molecular flexibility index (Phi) is 18.0. The molecular formula is C18H30F12N3O10P3. The van der Waals surface area contributed by atoms with Crippen LogP contribution in [0, 0.1) is 0 Å². The molecule has 28 heteroatoms. The number of hydrogen-bond acceptors (Lipinski definition) is 13. The van der Waals surface area contributed by atoms with Gasteiger partial charge in [-0.2, -0.15) is 52.7 Å². The molecule has 0 unspecified atom stereocenters. The van der Waals surface area contributed by atoms with E-state index in [1.54, 1.807) is 0 Å². The topological polar surface area (TPSA) is 129 Å². The van der Waals surface area contributed by atoms with Gasteiger partial charge in [-0.25, -0.2) is 0 Å². The summed E-state index contributed by atoms with van der Waals surface area (Å²) in [5, 5.41) is 0. The van der Waals surface area contributed by atoms with E-state index in [9.17, 15) is 52.7 Å². The zero-order valence-corrected chi connectivity index (χ0v) is 26.5. The van der Waals surface area contributed by atoms with Crippen LogP contribution in [0.4, 0.5) is 52.7 Å². The normalized spacial score (nSPS) is 18.1. The lowest BCUT2D eigenvalue weighted by Gasteiger charge is -2.33. The molecule has 0 amide bonds. The van der Waals surface area contributed by atoms with Crippen molar-refractivity contribution in [2.75, 3.05) is 93.5 Å². The van der Waals surface area contributed by atoms with Gasteiger partial charge in [0, 0.05) is 14.2 Å². The summed E-state index contributed by atoms with van der Waals surface area (Å²) in [4.78, 5) is 0. The van der Waals surface area contributed by atoms with E-state index < -0.39 is 101 Å². The average molecular weight is 769 g/mol. The molecule has 46 heavy (non-hydrogen) atoms. The molecule has 0 fully saturated rings. The third-order valence-electron chi connectivity index (χ3n) is 4.10. The van der Waals surface area contributed by atoms with E-state index in [0.717, 1.165) is 0 Å². The van der Waals surface area contributed by atoms with Crippen LogP contribution in [0.3, 0.4) is 0 Å². The fraction of sp³-hybridized carbons (Fsp3) is 1.00. The molecule has 0 radical (unpaired) electrons. The molecule has 1 aliphatic heterocycles. The van der Waals surface area contributed by atoms with Gasteiger partial charge in [0.2, 0.25) is 0 Å². The van der Waals surface area contributed by atoms with Gasteiger partial charge in [-0.15, -0.1) is 13.5 Å². The number of rotatable bonds is 22. The number of hydrogen-bond donors (Lipinski definition) is 0. The molecule has 13 nitrogen and oxygen atoms in total. The third kappa shape index (κ3) is 19.4. The molecule has 0 saturated heterocycles. The van der Waals surface area contributed by atoms with E-state index in [-0.39, 0.29) is 26.4 Å². The molecular weight excluding hydrogens is 739 g/mol. The first-order chi connectivity index (χ1) is 21.1. The maximum atomic E-state index is 13.2. The molecule has 1 heterocycles. The molecule has 0 saturated carbocycles. The lowest BCUT2D eigenvalue weighted by atomic mass is 10.7. The minimum atomic E-state index is -5.66. The second-order valence-corrected chi connectivity index (χ2v) is 14.8. The van der Waals surface area contributed by atoms with Gasteiger partial charge in [-0.1, -0.05) is 0 Å². The zero-order chi connectivity index (χ0) is 35.2. The third-order valence-corrected chi connectivity index (χ3v) is 12.4. The summed E-state index contributed by atoms with van der Waals surface area (Å²) in [6.07, 6.45) is -21.4. The highest BCUT2D eigenvalue weighted by Crippen LogP contribution is 2.81. The van der Waals surface area contributed by atoms with Gasteiger partial charge in [0.25, 0.3) is 0 Å².